The van der Waals surface area contributed by atoms with Crippen LogP contribution in [0.25, 0.3) is 11.3 Å². The Bertz CT molecular complexity index is 688. The number of benzene rings is 1. The molecule has 0 aliphatic carbocycles. The van der Waals surface area contributed by atoms with E-state index in [9.17, 15) is 14.9 Å². The van der Waals surface area contributed by atoms with Crippen LogP contribution in [0.5, 0.6) is 0 Å². The van der Waals surface area contributed by atoms with Crippen molar-refractivity contribution in [3.63, 3.8) is 0 Å². The van der Waals surface area contributed by atoms with Crippen molar-refractivity contribution >= 4 is 23.3 Å². The number of hydrogen-bond acceptors (Lipinski definition) is 5. The Morgan fingerprint density at radius 3 is 2.75 bits per heavy atom. The van der Waals surface area contributed by atoms with E-state index in [1.165, 1.54) is 25.4 Å². The highest BCUT2D eigenvalue weighted by Crippen LogP contribution is 2.29. The van der Waals surface area contributed by atoms with Gasteiger partial charge in [0, 0.05) is 23.9 Å². The predicted molar refractivity (Wildman–Crippen MR) is 72.7 cm³/mol. The molecular formula is C13H9ClN2O4. The normalized spacial score (nSPS) is 10.1. The Morgan fingerprint density at radius 1 is 1.40 bits per heavy atom. The number of nitrogens with zero attached hydrogens (tertiary/aromatic N) is 2. The minimum atomic E-state index is -0.665. The molecule has 2 aromatic rings. The van der Waals surface area contributed by atoms with E-state index in [-0.39, 0.29) is 11.3 Å². The number of rotatable bonds is 3. The summed E-state index contributed by atoms with van der Waals surface area (Å²) in [7, 11) is 1.20. The Morgan fingerprint density at radius 2 is 2.15 bits per heavy atom. The van der Waals surface area contributed by atoms with Crippen molar-refractivity contribution < 1.29 is 14.5 Å². The average molecular weight is 293 g/mol. The number of halogens is 1. The molecule has 2 rings (SSSR count). The molecular weight excluding hydrogens is 284 g/mol. The van der Waals surface area contributed by atoms with Crippen LogP contribution in [-0.2, 0) is 4.74 Å². The zero-order chi connectivity index (χ0) is 14.7. The quantitative estimate of drug-likeness (QED) is 0.493. The largest absolute Gasteiger partial charge is 0.465 e. The first-order valence-corrected chi connectivity index (χ1v) is 5.89. The summed E-state index contributed by atoms with van der Waals surface area (Å²) < 4.78 is 4.58. The number of nitro benzene ring substituents is 1. The Balaban J connectivity index is 2.64. The van der Waals surface area contributed by atoms with Crippen LogP contribution < -0.4 is 0 Å². The summed E-state index contributed by atoms with van der Waals surface area (Å²) in [6.45, 7) is 0. The van der Waals surface area contributed by atoms with Gasteiger partial charge in [0.2, 0.25) is 0 Å². The van der Waals surface area contributed by atoms with Crippen molar-refractivity contribution in [1.29, 1.82) is 0 Å². The molecule has 1 aromatic heterocycles. The van der Waals surface area contributed by atoms with Gasteiger partial charge in [-0.25, -0.2) is 4.79 Å². The van der Waals surface area contributed by atoms with Crippen molar-refractivity contribution in [3.8, 4) is 11.3 Å². The number of methoxy groups -OCH3 is 1. The van der Waals surface area contributed by atoms with Crippen LogP contribution in [-0.4, -0.2) is 23.0 Å². The van der Waals surface area contributed by atoms with Crippen molar-refractivity contribution in [3.05, 3.63) is 57.2 Å². The van der Waals surface area contributed by atoms with Gasteiger partial charge >= 0.3 is 5.97 Å². The molecule has 0 aliphatic heterocycles. The lowest BCUT2D eigenvalue weighted by Crippen LogP contribution is -2.03. The van der Waals surface area contributed by atoms with Crippen molar-refractivity contribution in [2.24, 2.45) is 0 Å². The molecule has 0 bridgehead atoms. The smallest absolute Gasteiger partial charge is 0.338 e. The summed E-state index contributed by atoms with van der Waals surface area (Å²) in [4.78, 5) is 26.0. The lowest BCUT2D eigenvalue weighted by molar-refractivity contribution is -0.384. The van der Waals surface area contributed by atoms with Crippen LogP contribution in [0.3, 0.4) is 0 Å². The number of ether oxygens (including phenoxy) is 1. The highest BCUT2D eigenvalue weighted by atomic mass is 35.5. The summed E-state index contributed by atoms with van der Waals surface area (Å²) in [6, 6.07) is 7.16. The molecule has 1 aromatic carbocycles. The van der Waals surface area contributed by atoms with Crippen LogP contribution in [0, 0.1) is 10.1 Å². The van der Waals surface area contributed by atoms with E-state index < -0.39 is 10.9 Å². The SMILES string of the molecule is COC(=O)c1cc(-c2ncccc2Cl)cc([N+](=O)[O-])c1. The number of carbonyl (C=O) groups excluding carboxylic acids is 1. The second-order valence-electron chi connectivity index (χ2n) is 3.85. The maximum Gasteiger partial charge on any atom is 0.338 e. The molecule has 20 heavy (non-hydrogen) atoms. The molecule has 0 radical (unpaired) electrons. The van der Waals surface area contributed by atoms with Gasteiger partial charge < -0.3 is 4.74 Å². The fourth-order valence-electron chi connectivity index (χ4n) is 1.69. The van der Waals surface area contributed by atoms with Crippen molar-refractivity contribution in [2.45, 2.75) is 0 Å². The molecule has 0 unspecified atom stereocenters. The maximum absolute atomic E-state index is 11.6. The molecule has 102 valence electrons. The van der Waals surface area contributed by atoms with Gasteiger partial charge in [0.15, 0.2) is 0 Å². The summed E-state index contributed by atoms with van der Waals surface area (Å²) >= 11 is 6.01. The molecule has 1 heterocycles. The summed E-state index contributed by atoms with van der Waals surface area (Å²) in [6.07, 6.45) is 1.51. The van der Waals surface area contributed by atoms with Crippen molar-refractivity contribution in [1.82, 2.24) is 4.98 Å². The van der Waals surface area contributed by atoms with Gasteiger partial charge in [0.25, 0.3) is 5.69 Å². The molecule has 6 nitrogen and oxygen atoms in total. The van der Waals surface area contributed by atoms with Gasteiger partial charge in [0.1, 0.15) is 0 Å². The number of non-ortho nitro benzene ring substituents is 1. The van der Waals surface area contributed by atoms with Crippen LogP contribution in [0.4, 0.5) is 5.69 Å². The standard InChI is InChI=1S/C13H9ClN2O4/c1-20-13(17)9-5-8(6-10(7-9)16(18)19)12-11(14)3-2-4-15-12/h2-7H,1H3. The van der Waals surface area contributed by atoms with Crippen molar-refractivity contribution in [2.75, 3.05) is 7.11 Å². The zero-order valence-electron chi connectivity index (χ0n) is 10.4. The molecule has 0 aliphatic rings. The number of hydrogen-bond donors (Lipinski definition) is 0. The Kier molecular flexibility index (Phi) is 3.95. The van der Waals surface area contributed by atoms with Gasteiger partial charge in [0.05, 0.1) is 28.3 Å². The van der Waals surface area contributed by atoms with Gasteiger partial charge in [-0.15, -0.1) is 0 Å². The number of esters is 1. The van der Waals surface area contributed by atoms with E-state index in [0.717, 1.165) is 6.07 Å². The third kappa shape index (κ3) is 2.75. The van der Waals surface area contributed by atoms with E-state index in [2.05, 4.69) is 9.72 Å². The summed E-state index contributed by atoms with van der Waals surface area (Å²) in [5, 5.41) is 11.3. The van der Waals surface area contributed by atoms with Gasteiger partial charge in [-0.2, -0.15) is 0 Å². The minimum Gasteiger partial charge on any atom is -0.465 e. The second kappa shape index (κ2) is 5.66. The molecule has 0 fully saturated rings. The van der Waals surface area contributed by atoms with E-state index >= 15 is 0 Å². The fourth-order valence-corrected chi connectivity index (χ4v) is 1.92. The third-order valence-corrected chi connectivity index (χ3v) is 2.89. The molecule has 0 atom stereocenters. The van der Waals surface area contributed by atoms with Gasteiger partial charge in [-0.05, 0) is 18.2 Å². The molecule has 0 amide bonds. The predicted octanol–water partition coefficient (Wildman–Crippen LogP) is 3.10. The lowest BCUT2D eigenvalue weighted by atomic mass is 10.1. The zero-order valence-corrected chi connectivity index (χ0v) is 11.1. The van der Waals surface area contributed by atoms with E-state index in [4.69, 9.17) is 11.6 Å². The van der Waals surface area contributed by atoms with Crippen LogP contribution >= 0.6 is 11.6 Å². The molecule has 0 saturated carbocycles. The summed E-state index contributed by atoms with van der Waals surface area (Å²) in [5.74, 6) is -0.665. The average Bonchev–Trinajstić information content (AvgIpc) is 2.46. The van der Waals surface area contributed by atoms with E-state index in [1.54, 1.807) is 12.1 Å². The first kappa shape index (κ1) is 14.0. The molecule has 0 saturated heterocycles. The number of carbonyl (C=O) groups is 1. The third-order valence-electron chi connectivity index (χ3n) is 2.58. The number of nitro groups is 1. The summed E-state index contributed by atoms with van der Waals surface area (Å²) in [5.41, 5.74) is 0.580. The first-order chi connectivity index (χ1) is 9.52. The Labute approximate surface area is 119 Å². The minimum absolute atomic E-state index is 0.0680. The highest BCUT2D eigenvalue weighted by Gasteiger charge is 2.17. The second-order valence-corrected chi connectivity index (χ2v) is 4.26. The lowest BCUT2D eigenvalue weighted by Gasteiger charge is -2.06. The van der Waals surface area contributed by atoms with Crippen LogP contribution in [0.1, 0.15) is 10.4 Å². The van der Waals surface area contributed by atoms with Crippen LogP contribution in [0.15, 0.2) is 36.5 Å². The molecule has 0 spiro atoms. The van der Waals surface area contributed by atoms with E-state index in [0.29, 0.717) is 16.3 Å². The van der Waals surface area contributed by atoms with Crippen LogP contribution in [0.2, 0.25) is 5.02 Å². The highest BCUT2D eigenvalue weighted by molar-refractivity contribution is 6.33. The number of aromatic nitrogens is 1. The Hall–Kier alpha value is -2.47. The fraction of sp³-hybridized carbons (Fsp3) is 0.0769. The maximum atomic E-state index is 11.6. The number of pyridine rings is 1. The molecule has 7 heteroatoms. The van der Waals surface area contributed by atoms with Gasteiger partial charge in [-0.3, -0.25) is 15.1 Å². The monoisotopic (exact) mass is 292 g/mol. The topological polar surface area (TPSA) is 82.3 Å². The molecule has 0 N–H and O–H groups in total. The van der Waals surface area contributed by atoms with Gasteiger partial charge in [-0.1, -0.05) is 11.6 Å². The first-order valence-electron chi connectivity index (χ1n) is 5.51. The van der Waals surface area contributed by atoms with E-state index in [1.807, 2.05) is 0 Å².